The SMILES string of the molecule is N.O.On1nnc2ccccc21. The zero-order chi connectivity index (χ0) is 6.97. The summed E-state index contributed by atoms with van der Waals surface area (Å²) in [6.45, 7) is 0. The summed E-state index contributed by atoms with van der Waals surface area (Å²) >= 11 is 0. The van der Waals surface area contributed by atoms with Crippen LogP contribution in [0.5, 0.6) is 0 Å². The van der Waals surface area contributed by atoms with Crippen molar-refractivity contribution in [2.24, 2.45) is 0 Å². The van der Waals surface area contributed by atoms with Crippen LogP contribution in [0, 0.1) is 0 Å². The molecule has 0 spiro atoms. The highest BCUT2D eigenvalue weighted by Crippen LogP contribution is 2.06. The van der Waals surface area contributed by atoms with E-state index in [0.717, 1.165) is 4.85 Å². The van der Waals surface area contributed by atoms with Gasteiger partial charge in [0.15, 0.2) is 0 Å². The first-order valence-electron chi connectivity index (χ1n) is 2.87. The van der Waals surface area contributed by atoms with E-state index < -0.39 is 0 Å². The Bertz CT molecular complexity index is 359. The van der Waals surface area contributed by atoms with Gasteiger partial charge in [-0.2, -0.15) is 0 Å². The van der Waals surface area contributed by atoms with Gasteiger partial charge in [-0.05, 0) is 17.3 Å². The molecule has 0 aliphatic heterocycles. The fraction of sp³-hybridized carbons (Fsp3) is 0. The molecule has 0 saturated heterocycles. The van der Waals surface area contributed by atoms with Gasteiger partial charge in [0, 0.05) is 0 Å². The van der Waals surface area contributed by atoms with E-state index in [4.69, 9.17) is 5.21 Å². The van der Waals surface area contributed by atoms with Crippen LogP contribution >= 0.6 is 0 Å². The van der Waals surface area contributed by atoms with Crippen LogP contribution in [-0.2, 0) is 0 Å². The minimum atomic E-state index is 0. The van der Waals surface area contributed by atoms with Gasteiger partial charge in [-0.1, -0.05) is 17.0 Å². The zero-order valence-corrected chi connectivity index (χ0v) is 6.31. The molecule has 66 valence electrons. The zero-order valence-electron chi connectivity index (χ0n) is 6.31. The van der Waals surface area contributed by atoms with Crippen LogP contribution in [0.3, 0.4) is 0 Å². The van der Waals surface area contributed by atoms with Crippen molar-refractivity contribution in [1.82, 2.24) is 21.3 Å². The van der Waals surface area contributed by atoms with Crippen LogP contribution in [0.15, 0.2) is 24.3 Å². The molecule has 6 N–H and O–H groups in total. The molecule has 2 aromatic rings. The Morgan fingerprint density at radius 1 is 1.25 bits per heavy atom. The first-order chi connectivity index (χ1) is 4.88. The van der Waals surface area contributed by atoms with Gasteiger partial charge in [0.05, 0.1) is 0 Å². The van der Waals surface area contributed by atoms with Gasteiger partial charge in [-0.3, -0.25) is 0 Å². The van der Waals surface area contributed by atoms with Gasteiger partial charge in [-0.25, -0.2) is 0 Å². The molecule has 0 bridgehead atoms. The smallest absolute Gasteiger partial charge is 0.130 e. The normalized spacial score (nSPS) is 8.67. The second kappa shape index (κ2) is 3.65. The lowest BCUT2D eigenvalue weighted by molar-refractivity contribution is 0.155. The summed E-state index contributed by atoms with van der Waals surface area (Å²) in [7, 11) is 0. The lowest BCUT2D eigenvalue weighted by Gasteiger charge is -1.85. The Morgan fingerprint density at radius 2 is 1.92 bits per heavy atom. The molecular weight excluding hydrogens is 160 g/mol. The summed E-state index contributed by atoms with van der Waals surface area (Å²) in [5.41, 5.74) is 1.33. The van der Waals surface area contributed by atoms with Crippen LogP contribution in [0.4, 0.5) is 0 Å². The van der Waals surface area contributed by atoms with Crippen molar-refractivity contribution >= 4 is 11.0 Å². The monoisotopic (exact) mass is 170 g/mol. The standard InChI is InChI=1S/C6H5N3O.H3N.H2O/c10-9-6-4-2-1-3-5(6)7-8-9;;/h1-4,10H;1H3;1H2. The maximum atomic E-state index is 8.95. The molecule has 12 heavy (non-hydrogen) atoms. The van der Waals surface area contributed by atoms with Crippen LogP contribution < -0.4 is 6.15 Å². The van der Waals surface area contributed by atoms with Crippen molar-refractivity contribution in [2.45, 2.75) is 0 Å². The second-order valence-corrected chi connectivity index (χ2v) is 1.97. The molecule has 0 unspecified atom stereocenters. The Balaban J connectivity index is 0.000000605. The van der Waals surface area contributed by atoms with E-state index in [-0.39, 0.29) is 11.6 Å². The topological polar surface area (TPSA) is 117 Å². The fourth-order valence-electron chi connectivity index (χ4n) is 0.857. The number of fused-ring (bicyclic) bond motifs is 1. The van der Waals surface area contributed by atoms with E-state index in [1.165, 1.54) is 0 Å². The minimum absolute atomic E-state index is 0. The third-order valence-corrected chi connectivity index (χ3v) is 1.33. The second-order valence-electron chi connectivity index (χ2n) is 1.97. The van der Waals surface area contributed by atoms with E-state index >= 15 is 0 Å². The lowest BCUT2D eigenvalue weighted by Crippen LogP contribution is -1.90. The molecule has 1 aromatic carbocycles. The van der Waals surface area contributed by atoms with Gasteiger partial charge in [0.25, 0.3) is 0 Å². The first-order valence-corrected chi connectivity index (χ1v) is 2.87. The molecule has 0 aliphatic rings. The predicted octanol–water partition coefficient (Wildman–Crippen LogP) is 0.00590. The van der Waals surface area contributed by atoms with Gasteiger partial charge in [0.1, 0.15) is 11.0 Å². The molecule has 0 radical (unpaired) electrons. The van der Waals surface area contributed by atoms with E-state index in [2.05, 4.69) is 10.3 Å². The van der Waals surface area contributed by atoms with Crippen molar-refractivity contribution in [2.75, 3.05) is 0 Å². The number of aromatic nitrogens is 3. The average molecular weight is 170 g/mol. The number of benzene rings is 1. The summed E-state index contributed by atoms with van der Waals surface area (Å²) in [5.74, 6) is 0. The Hall–Kier alpha value is -1.66. The molecule has 0 amide bonds. The predicted molar refractivity (Wildman–Crippen MR) is 43.3 cm³/mol. The summed E-state index contributed by atoms with van der Waals surface area (Å²) in [6.07, 6.45) is 0. The number of hydrogen-bond donors (Lipinski definition) is 2. The maximum absolute atomic E-state index is 8.95. The first kappa shape index (κ1) is 10.3. The number of nitrogens with zero attached hydrogens (tertiary/aromatic N) is 3. The van der Waals surface area contributed by atoms with Crippen LogP contribution in [-0.4, -0.2) is 25.8 Å². The van der Waals surface area contributed by atoms with Crippen molar-refractivity contribution in [3.63, 3.8) is 0 Å². The molecular formula is C6H10N4O2. The molecule has 6 nitrogen and oxygen atoms in total. The van der Waals surface area contributed by atoms with Crippen LogP contribution in [0.1, 0.15) is 0 Å². The van der Waals surface area contributed by atoms with Gasteiger partial charge in [0.2, 0.25) is 0 Å². The van der Waals surface area contributed by atoms with E-state index in [1.807, 2.05) is 12.1 Å². The molecule has 6 heteroatoms. The quantitative estimate of drug-likeness (QED) is 0.541. The Labute approximate surface area is 68.3 Å². The third kappa shape index (κ3) is 1.34. The van der Waals surface area contributed by atoms with Crippen molar-refractivity contribution in [1.29, 1.82) is 0 Å². The number of para-hydroxylation sites is 1. The molecule has 0 fully saturated rings. The Kier molecular flexibility index (Phi) is 3.15. The van der Waals surface area contributed by atoms with E-state index in [9.17, 15) is 0 Å². The maximum Gasteiger partial charge on any atom is 0.130 e. The van der Waals surface area contributed by atoms with E-state index in [0.29, 0.717) is 11.0 Å². The molecule has 2 rings (SSSR count). The van der Waals surface area contributed by atoms with Crippen molar-refractivity contribution < 1.29 is 10.7 Å². The molecule has 0 saturated carbocycles. The molecule has 1 heterocycles. The summed E-state index contributed by atoms with van der Waals surface area (Å²) in [4.78, 5) is 0.759. The molecule has 0 aliphatic carbocycles. The fourth-order valence-corrected chi connectivity index (χ4v) is 0.857. The lowest BCUT2D eigenvalue weighted by atomic mass is 10.3. The third-order valence-electron chi connectivity index (χ3n) is 1.33. The van der Waals surface area contributed by atoms with Gasteiger partial charge >= 0.3 is 0 Å². The highest BCUT2D eigenvalue weighted by Gasteiger charge is 1.98. The number of hydrogen-bond acceptors (Lipinski definition) is 4. The largest absolute Gasteiger partial charge is 0.412 e. The van der Waals surface area contributed by atoms with Crippen LogP contribution in [0.2, 0.25) is 0 Å². The van der Waals surface area contributed by atoms with Crippen molar-refractivity contribution in [3.05, 3.63) is 24.3 Å². The van der Waals surface area contributed by atoms with Crippen molar-refractivity contribution in [3.8, 4) is 0 Å². The number of rotatable bonds is 0. The van der Waals surface area contributed by atoms with Crippen LogP contribution in [0.25, 0.3) is 11.0 Å². The minimum Gasteiger partial charge on any atom is -0.412 e. The highest BCUT2D eigenvalue weighted by atomic mass is 16.5. The summed E-state index contributed by atoms with van der Waals surface area (Å²) in [6, 6.07) is 7.19. The summed E-state index contributed by atoms with van der Waals surface area (Å²) < 4.78 is 0. The van der Waals surface area contributed by atoms with Gasteiger partial charge in [-0.15, -0.1) is 5.10 Å². The average Bonchev–Trinajstić information content (AvgIpc) is 2.34. The highest BCUT2D eigenvalue weighted by molar-refractivity contribution is 5.73. The Morgan fingerprint density at radius 3 is 2.58 bits per heavy atom. The molecule has 0 atom stereocenters. The molecule has 1 aromatic heterocycles. The van der Waals surface area contributed by atoms with E-state index in [1.54, 1.807) is 12.1 Å². The van der Waals surface area contributed by atoms with Gasteiger partial charge < -0.3 is 16.8 Å². The summed E-state index contributed by atoms with van der Waals surface area (Å²) in [5, 5.41) is 16.1.